The van der Waals surface area contributed by atoms with Gasteiger partial charge >= 0.3 is 5.69 Å². The predicted molar refractivity (Wildman–Crippen MR) is 71.4 cm³/mol. The largest absolute Gasteiger partial charge is 0.389 e. The van der Waals surface area contributed by atoms with Crippen LogP contribution in [0.15, 0.2) is 15.8 Å². The van der Waals surface area contributed by atoms with Crippen LogP contribution >= 0.6 is 11.8 Å². The molecule has 2 aliphatic heterocycles. The lowest BCUT2D eigenvalue weighted by atomic mass is 9.96. The highest BCUT2D eigenvalue weighted by Crippen LogP contribution is 2.55. The molecule has 0 radical (unpaired) electrons. The van der Waals surface area contributed by atoms with Crippen molar-refractivity contribution in [3.05, 3.63) is 32.6 Å². The molecule has 19 heavy (non-hydrogen) atoms. The van der Waals surface area contributed by atoms with Gasteiger partial charge in [-0.2, -0.15) is 0 Å². The van der Waals surface area contributed by atoms with Gasteiger partial charge in [0, 0.05) is 18.4 Å². The molecular formula is C12H16N2O4S. The van der Waals surface area contributed by atoms with E-state index >= 15 is 0 Å². The van der Waals surface area contributed by atoms with Crippen molar-refractivity contribution in [1.29, 1.82) is 0 Å². The molecular weight excluding hydrogens is 268 g/mol. The van der Waals surface area contributed by atoms with E-state index in [1.807, 2.05) is 6.92 Å². The van der Waals surface area contributed by atoms with E-state index in [1.165, 1.54) is 22.5 Å². The number of thioether (sulfide) groups is 1. The molecule has 0 spiro atoms. The maximum absolute atomic E-state index is 11.9. The summed E-state index contributed by atoms with van der Waals surface area (Å²) in [5.41, 5.74) is -1.52. The Labute approximate surface area is 115 Å². The van der Waals surface area contributed by atoms with Crippen LogP contribution in [0.3, 0.4) is 0 Å². The van der Waals surface area contributed by atoms with Crippen LogP contribution < -0.4 is 11.2 Å². The molecule has 2 aliphatic rings. The van der Waals surface area contributed by atoms with E-state index in [4.69, 9.17) is 6.11 Å². The quantitative estimate of drug-likeness (QED) is 0.758. The summed E-state index contributed by atoms with van der Waals surface area (Å²) in [5, 5.41) is 10.0. The summed E-state index contributed by atoms with van der Waals surface area (Å²) >= 11 is 1.52. The molecule has 2 bridgehead atoms. The topological polar surface area (TPSA) is 84.3 Å². The van der Waals surface area contributed by atoms with Crippen LogP contribution in [0.1, 0.15) is 27.0 Å². The molecule has 7 heteroatoms. The van der Waals surface area contributed by atoms with Gasteiger partial charge in [0.25, 0.3) is 5.56 Å². The standard InChI is InChI=1S/C12H16N2O4S/c1-5-4-14(11(17)13-9(5)16)10-7-8(15)12(3,18-10)6(2)19-7/h4,6-8,10,15H,1-3H3,(H,13,16,17)/t6-,7+,8-,10+,12-/m0/s1/i3D. The van der Waals surface area contributed by atoms with E-state index in [2.05, 4.69) is 4.98 Å². The first-order valence-electron chi connectivity index (χ1n) is 6.74. The minimum Gasteiger partial charge on any atom is -0.389 e. The zero-order chi connectivity index (χ0) is 14.7. The van der Waals surface area contributed by atoms with E-state index in [9.17, 15) is 14.7 Å². The molecule has 0 saturated carbocycles. The van der Waals surface area contributed by atoms with Gasteiger partial charge in [-0.15, -0.1) is 11.8 Å². The Hall–Kier alpha value is -1.05. The molecule has 0 aliphatic carbocycles. The third kappa shape index (κ3) is 1.65. The molecule has 0 amide bonds. The predicted octanol–water partition coefficient (Wildman–Crippen LogP) is -0.00268. The number of hydrogen-bond donors (Lipinski definition) is 2. The van der Waals surface area contributed by atoms with Crippen molar-refractivity contribution in [3.8, 4) is 0 Å². The summed E-state index contributed by atoms with van der Waals surface area (Å²) in [6, 6.07) is 0. The molecule has 104 valence electrons. The fourth-order valence-electron chi connectivity index (χ4n) is 2.61. The summed E-state index contributed by atoms with van der Waals surface area (Å²) in [5.74, 6) is 0. The second kappa shape index (κ2) is 3.97. The second-order valence-corrected chi connectivity index (χ2v) is 6.65. The Kier molecular flexibility index (Phi) is 2.46. The number of aromatic amines is 1. The minimum absolute atomic E-state index is 0.00388. The third-order valence-electron chi connectivity index (χ3n) is 3.90. The number of H-pyrrole nitrogens is 1. The SMILES string of the molecule is [2H]C[C@]12O[C@@H](n3cc(C)c(=O)[nH]c3=O)[C@H](S[C@H]1C)[C@@H]2O. The number of nitrogens with one attached hydrogen (secondary N) is 1. The Morgan fingerprint density at radius 1 is 1.63 bits per heavy atom. The molecule has 1 aromatic heterocycles. The van der Waals surface area contributed by atoms with Crippen LogP contribution in [0.2, 0.25) is 0 Å². The molecule has 2 fully saturated rings. The molecule has 3 heterocycles. The van der Waals surface area contributed by atoms with Crippen LogP contribution in [0.25, 0.3) is 0 Å². The van der Waals surface area contributed by atoms with Crippen molar-refractivity contribution < 1.29 is 11.2 Å². The summed E-state index contributed by atoms with van der Waals surface area (Å²) in [6.45, 7) is 3.46. The monoisotopic (exact) mass is 285 g/mol. The fraction of sp³-hybridized carbons (Fsp3) is 0.667. The molecule has 0 unspecified atom stereocenters. The highest BCUT2D eigenvalue weighted by atomic mass is 32.2. The van der Waals surface area contributed by atoms with Gasteiger partial charge in [0.2, 0.25) is 0 Å². The van der Waals surface area contributed by atoms with Crippen LogP contribution in [0.5, 0.6) is 0 Å². The number of ether oxygens (including phenoxy) is 1. The van der Waals surface area contributed by atoms with Crippen LogP contribution in [0, 0.1) is 6.92 Å². The third-order valence-corrected chi connectivity index (χ3v) is 5.51. The lowest BCUT2D eigenvalue weighted by molar-refractivity contribution is -0.0913. The van der Waals surface area contributed by atoms with Crippen molar-refractivity contribution in [2.75, 3.05) is 0 Å². The van der Waals surface area contributed by atoms with Gasteiger partial charge in [-0.1, -0.05) is 6.92 Å². The van der Waals surface area contributed by atoms with Crippen LogP contribution in [-0.4, -0.2) is 36.9 Å². The zero-order valence-electron chi connectivity index (χ0n) is 11.6. The van der Waals surface area contributed by atoms with Gasteiger partial charge in [-0.25, -0.2) is 4.79 Å². The molecule has 1 aromatic rings. The summed E-state index contributed by atoms with van der Waals surface area (Å²) in [4.78, 5) is 25.6. The van der Waals surface area contributed by atoms with E-state index in [0.29, 0.717) is 5.56 Å². The van der Waals surface area contributed by atoms with Gasteiger partial charge in [0.1, 0.15) is 11.7 Å². The van der Waals surface area contributed by atoms with Crippen molar-refractivity contribution in [2.24, 2.45) is 0 Å². The summed E-state index contributed by atoms with van der Waals surface area (Å²) < 4.78 is 14.8. The highest BCUT2D eigenvalue weighted by molar-refractivity contribution is 8.01. The number of hydrogen-bond acceptors (Lipinski definition) is 5. The molecule has 0 aromatic carbocycles. The molecule has 5 atom stereocenters. The first-order valence-corrected chi connectivity index (χ1v) is 6.97. The molecule has 2 N–H and O–H groups in total. The van der Waals surface area contributed by atoms with Crippen molar-refractivity contribution >= 4 is 11.8 Å². The van der Waals surface area contributed by atoms with E-state index in [0.717, 1.165) is 0 Å². The van der Waals surface area contributed by atoms with Crippen molar-refractivity contribution in [2.45, 2.75) is 49.2 Å². The number of fused-ring (bicyclic) bond motifs is 2. The Morgan fingerprint density at radius 3 is 3.00 bits per heavy atom. The zero-order valence-corrected chi connectivity index (χ0v) is 11.4. The number of aliphatic hydroxyl groups excluding tert-OH is 1. The molecule has 3 rings (SSSR count). The minimum atomic E-state index is -0.941. The van der Waals surface area contributed by atoms with Crippen molar-refractivity contribution in [3.63, 3.8) is 0 Å². The maximum Gasteiger partial charge on any atom is 0.330 e. The van der Waals surface area contributed by atoms with Gasteiger partial charge < -0.3 is 9.84 Å². The van der Waals surface area contributed by atoms with Gasteiger partial charge in [-0.05, 0) is 13.8 Å². The average molecular weight is 285 g/mol. The second-order valence-electron chi connectivity index (χ2n) is 5.13. The van der Waals surface area contributed by atoms with E-state index < -0.39 is 29.2 Å². The Balaban J connectivity index is 2.05. The smallest absolute Gasteiger partial charge is 0.330 e. The number of aromatic nitrogens is 2. The van der Waals surface area contributed by atoms with E-state index in [1.54, 1.807) is 6.92 Å². The molecule has 2 saturated heterocycles. The number of rotatable bonds is 1. The normalized spacial score (nSPS) is 41.5. The van der Waals surface area contributed by atoms with Crippen molar-refractivity contribution in [1.82, 2.24) is 9.55 Å². The lowest BCUT2D eigenvalue weighted by Gasteiger charge is -2.33. The number of nitrogens with zero attached hydrogens (tertiary/aromatic N) is 1. The van der Waals surface area contributed by atoms with Gasteiger partial charge in [-0.3, -0.25) is 14.3 Å². The fourth-order valence-corrected chi connectivity index (χ4v) is 4.21. The van der Waals surface area contributed by atoms with Crippen LogP contribution in [0.4, 0.5) is 0 Å². The first-order chi connectivity index (χ1) is 9.40. The van der Waals surface area contributed by atoms with E-state index in [-0.39, 0.29) is 17.4 Å². The molecule has 6 nitrogen and oxygen atoms in total. The lowest BCUT2D eigenvalue weighted by Crippen LogP contribution is -2.42. The summed E-state index contributed by atoms with van der Waals surface area (Å²) in [6.07, 6.45) is 0.00557. The highest BCUT2D eigenvalue weighted by Gasteiger charge is 2.62. The Morgan fingerprint density at radius 2 is 2.37 bits per heavy atom. The number of aliphatic hydroxyl groups is 1. The van der Waals surface area contributed by atoms with Gasteiger partial charge in [0.15, 0.2) is 6.23 Å². The summed E-state index contributed by atoms with van der Waals surface area (Å²) in [7, 11) is 0. The number of aryl methyl sites for hydroxylation is 1. The first kappa shape index (κ1) is 11.7. The average Bonchev–Trinajstić information content (AvgIpc) is 2.81. The van der Waals surface area contributed by atoms with Crippen LogP contribution in [-0.2, 0) is 4.74 Å². The Bertz CT molecular complexity index is 660. The maximum atomic E-state index is 11.9. The van der Waals surface area contributed by atoms with Gasteiger partial charge in [0.05, 0.1) is 5.25 Å².